The third-order valence-corrected chi connectivity index (χ3v) is 4.60. The minimum atomic E-state index is -4.01. The largest absolute Gasteiger partial charge is 0.389 e. The van der Waals surface area contributed by atoms with Crippen LogP contribution in [-0.2, 0) is 6.42 Å². The average Bonchev–Trinajstić information content (AvgIpc) is 2.42. The lowest BCUT2D eigenvalue weighted by molar-refractivity contribution is -0.135. The molecule has 6 heteroatoms. The van der Waals surface area contributed by atoms with Crippen LogP contribution in [0.15, 0.2) is 13.6 Å². The molecule has 16 heavy (non-hydrogen) atoms. The summed E-state index contributed by atoms with van der Waals surface area (Å²) in [5, 5.41) is 0. The van der Waals surface area contributed by atoms with E-state index in [4.69, 9.17) is 0 Å². The summed E-state index contributed by atoms with van der Waals surface area (Å²) in [6.07, 6.45) is -2.18. The van der Waals surface area contributed by atoms with E-state index in [-0.39, 0.29) is 6.42 Å². The fourth-order valence-electron chi connectivity index (χ4n) is 1.36. The average molecular weight is 380 g/mol. The molecule has 0 radical (unpaired) electrons. The Labute approximate surface area is 113 Å². The maximum atomic E-state index is 11.9. The molecule has 0 amide bonds. The number of unbranched alkanes of at least 4 members (excludes halogenated alkanes) is 2. The highest BCUT2D eigenvalue weighted by Crippen LogP contribution is 2.33. The molecule has 1 heterocycles. The van der Waals surface area contributed by atoms with Crippen molar-refractivity contribution in [2.75, 3.05) is 0 Å². The van der Waals surface area contributed by atoms with Gasteiger partial charge in [-0.2, -0.15) is 13.2 Å². The zero-order chi connectivity index (χ0) is 12.2. The predicted octanol–water partition coefficient (Wildman–Crippen LogP) is 5.94. The van der Waals surface area contributed by atoms with E-state index in [2.05, 4.69) is 31.9 Å². The van der Waals surface area contributed by atoms with Crippen molar-refractivity contribution in [1.29, 1.82) is 0 Å². The lowest BCUT2D eigenvalue weighted by Crippen LogP contribution is -2.06. The lowest BCUT2D eigenvalue weighted by Gasteiger charge is -2.05. The minimum absolute atomic E-state index is 0.229. The quantitative estimate of drug-likeness (QED) is 0.555. The Hall–Kier alpha value is 0.450. The summed E-state index contributed by atoms with van der Waals surface area (Å²) in [5.41, 5.74) is 1.17. The monoisotopic (exact) mass is 378 g/mol. The number of rotatable bonds is 5. The van der Waals surface area contributed by atoms with Gasteiger partial charge in [0, 0.05) is 6.42 Å². The molecule has 92 valence electrons. The summed E-state index contributed by atoms with van der Waals surface area (Å²) in [4.78, 5) is 0. The van der Waals surface area contributed by atoms with Gasteiger partial charge in [-0.15, -0.1) is 11.3 Å². The SMILES string of the molecule is FC(F)(F)CCCCCc1cc(Br)sc1Br. The van der Waals surface area contributed by atoms with E-state index >= 15 is 0 Å². The maximum absolute atomic E-state index is 11.9. The summed E-state index contributed by atoms with van der Waals surface area (Å²) in [7, 11) is 0. The van der Waals surface area contributed by atoms with Gasteiger partial charge in [-0.05, 0) is 62.8 Å². The molecule has 0 saturated heterocycles. The molecule has 0 aliphatic heterocycles. The second-order valence-electron chi connectivity index (χ2n) is 3.53. The van der Waals surface area contributed by atoms with Gasteiger partial charge < -0.3 is 0 Å². The molecule has 0 nitrogen and oxygen atoms in total. The molecule has 0 saturated carbocycles. The van der Waals surface area contributed by atoms with Crippen molar-refractivity contribution < 1.29 is 13.2 Å². The highest BCUT2D eigenvalue weighted by atomic mass is 79.9. The minimum Gasteiger partial charge on any atom is -0.171 e. The standard InChI is InChI=1S/C10H11Br2F3S/c11-8-6-7(9(12)16-8)4-2-1-3-5-10(13,14)15/h6H,1-5H2. The molecule has 1 aromatic heterocycles. The smallest absolute Gasteiger partial charge is 0.171 e. The number of hydrogen-bond donors (Lipinski definition) is 0. The van der Waals surface area contributed by atoms with Gasteiger partial charge in [-0.1, -0.05) is 6.42 Å². The Morgan fingerprint density at radius 3 is 2.31 bits per heavy atom. The van der Waals surface area contributed by atoms with Gasteiger partial charge in [0.25, 0.3) is 0 Å². The van der Waals surface area contributed by atoms with Gasteiger partial charge in [0.05, 0.1) is 7.57 Å². The lowest BCUT2D eigenvalue weighted by atomic mass is 10.1. The highest BCUT2D eigenvalue weighted by molar-refractivity contribution is 9.12. The summed E-state index contributed by atoms with van der Waals surface area (Å²) < 4.78 is 37.7. The Kier molecular flexibility index (Phi) is 5.81. The van der Waals surface area contributed by atoms with Crippen LogP contribution in [0.3, 0.4) is 0 Å². The number of alkyl halides is 3. The molecule has 1 aromatic rings. The molecule has 0 aliphatic carbocycles. The molecule has 0 fully saturated rings. The van der Waals surface area contributed by atoms with Crippen LogP contribution in [0.2, 0.25) is 0 Å². The predicted molar refractivity (Wildman–Crippen MR) is 67.9 cm³/mol. The third kappa shape index (κ3) is 5.68. The number of halogens is 5. The van der Waals surface area contributed by atoms with E-state index in [0.717, 1.165) is 20.4 Å². The number of thiophene rings is 1. The zero-order valence-electron chi connectivity index (χ0n) is 8.41. The van der Waals surface area contributed by atoms with Crippen LogP contribution in [0.1, 0.15) is 31.2 Å². The fraction of sp³-hybridized carbons (Fsp3) is 0.600. The van der Waals surface area contributed by atoms with E-state index in [1.165, 1.54) is 5.56 Å². The van der Waals surface area contributed by atoms with Crippen molar-refractivity contribution in [2.45, 2.75) is 38.3 Å². The fourth-order valence-corrected chi connectivity index (χ4v) is 4.28. The number of hydrogen-bond acceptors (Lipinski definition) is 1. The number of aryl methyl sites for hydroxylation is 1. The van der Waals surface area contributed by atoms with Crippen molar-refractivity contribution >= 4 is 43.2 Å². The molecule has 0 aliphatic rings. The van der Waals surface area contributed by atoms with Gasteiger partial charge in [0.2, 0.25) is 0 Å². The van der Waals surface area contributed by atoms with Crippen LogP contribution in [0.5, 0.6) is 0 Å². The van der Waals surface area contributed by atoms with E-state index in [9.17, 15) is 13.2 Å². The second-order valence-corrected chi connectivity index (χ2v) is 7.27. The summed E-state index contributed by atoms with van der Waals surface area (Å²) in [5.74, 6) is 0. The first-order valence-corrected chi connectivity index (χ1v) is 7.29. The molecule has 0 bridgehead atoms. The van der Waals surface area contributed by atoms with Gasteiger partial charge in [-0.25, -0.2) is 0 Å². The van der Waals surface area contributed by atoms with Crippen LogP contribution in [0.25, 0.3) is 0 Å². The van der Waals surface area contributed by atoms with Crippen LogP contribution < -0.4 is 0 Å². The molecule has 0 atom stereocenters. The van der Waals surface area contributed by atoms with Crippen molar-refractivity contribution in [3.8, 4) is 0 Å². The molecule has 0 unspecified atom stereocenters. The van der Waals surface area contributed by atoms with Crippen molar-refractivity contribution in [2.24, 2.45) is 0 Å². The molecular formula is C10H11Br2F3S. The molecule has 0 aromatic carbocycles. The Bertz CT molecular complexity index is 333. The molecule has 1 rings (SSSR count). The normalized spacial score (nSPS) is 12.1. The first-order valence-electron chi connectivity index (χ1n) is 4.89. The van der Waals surface area contributed by atoms with E-state index in [0.29, 0.717) is 6.42 Å². The van der Waals surface area contributed by atoms with Gasteiger partial charge >= 0.3 is 6.18 Å². The maximum Gasteiger partial charge on any atom is 0.389 e. The van der Waals surface area contributed by atoms with E-state index in [1.807, 2.05) is 6.07 Å². The van der Waals surface area contributed by atoms with Crippen molar-refractivity contribution in [1.82, 2.24) is 0 Å². The van der Waals surface area contributed by atoms with E-state index in [1.54, 1.807) is 11.3 Å². The zero-order valence-corrected chi connectivity index (χ0v) is 12.4. The third-order valence-electron chi connectivity index (χ3n) is 2.13. The van der Waals surface area contributed by atoms with Gasteiger partial charge in [0.15, 0.2) is 0 Å². The summed E-state index contributed by atoms with van der Waals surface area (Å²) >= 11 is 8.39. The van der Waals surface area contributed by atoms with Gasteiger partial charge in [0.1, 0.15) is 0 Å². The molecule has 0 spiro atoms. The van der Waals surface area contributed by atoms with Crippen molar-refractivity contribution in [3.63, 3.8) is 0 Å². The topological polar surface area (TPSA) is 0 Å². The molecule has 0 N–H and O–H groups in total. The molecular weight excluding hydrogens is 369 g/mol. The first kappa shape index (κ1) is 14.5. The Morgan fingerprint density at radius 1 is 1.12 bits per heavy atom. The van der Waals surface area contributed by atoms with Crippen LogP contribution in [-0.4, -0.2) is 6.18 Å². The summed E-state index contributed by atoms with van der Waals surface area (Å²) in [6, 6.07) is 2.01. The Balaban J connectivity index is 2.19. The van der Waals surface area contributed by atoms with Crippen molar-refractivity contribution in [3.05, 3.63) is 19.2 Å². The summed E-state index contributed by atoms with van der Waals surface area (Å²) in [6.45, 7) is 0. The second kappa shape index (κ2) is 6.40. The van der Waals surface area contributed by atoms with Crippen LogP contribution in [0, 0.1) is 0 Å². The van der Waals surface area contributed by atoms with Crippen LogP contribution >= 0.6 is 43.2 Å². The Morgan fingerprint density at radius 2 is 1.81 bits per heavy atom. The highest BCUT2D eigenvalue weighted by Gasteiger charge is 2.25. The van der Waals surface area contributed by atoms with E-state index < -0.39 is 12.6 Å². The van der Waals surface area contributed by atoms with Crippen LogP contribution in [0.4, 0.5) is 13.2 Å². The van der Waals surface area contributed by atoms with Gasteiger partial charge in [-0.3, -0.25) is 0 Å². The first-order chi connectivity index (χ1) is 7.38.